The maximum Gasteiger partial charge on any atom is 0.250 e. The molecule has 0 aromatic carbocycles. The molecule has 5 nitrogen and oxygen atoms in total. The van der Waals surface area contributed by atoms with Crippen LogP contribution in [0.2, 0.25) is 0 Å². The summed E-state index contributed by atoms with van der Waals surface area (Å²) in [5.74, 6) is 0.834. The maximum atomic E-state index is 11.9. The molecule has 3 rings (SSSR count). The van der Waals surface area contributed by atoms with Gasteiger partial charge in [-0.1, -0.05) is 6.07 Å². The fourth-order valence-electron chi connectivity index (χ4n) is 3.34. The molecular weight excluding hydrogens is 274 g/mol. The number of hydrogen-bond acceptors (Lipinski definition) is 3. The van der Waals surface area contributed by atoms with E-state index in [1.54, 1.807) is 6.07 Å². The third kappa shape index (κ3) is 2.45. The van der Waals surface area contributed by atoms with Crippen LogP contribution in [0, 0.1) is 5.92 Å². The SMILES string of the molecule is O=c1cccc2n1CC1CC2CN(C(=S)NCCO)C1. The molecule has 0 radical (unpaired) electrons. The molecule has 2 unspecified atom stereocenters. The van der Waals surface area contributed by atoms with Gasteiger partial charge in [0.1, 0.15) is 0 Å². The number of likely N-dealkylation sites (tertiary alicyclic amines) is 1. The average molecular weight is 293 g/mol. The quantitative estimate of drug-likeness (QED) is 0.759. The van der Waals surface area contributed by atoms with Gasteiger partial charge in [-0.3, -0.25) is 4.79 Å². The first kappa shape index (κ1) is 13.6. The molecule has 1 fully saturated rings. The lowest BCUT2D eigenvalue weighted by Gasteiger charge is -2.43. The Morgan fingerprint density at radius 1 is 1.40 bits per heavy atom. The number of aliphatic hydroxyl groups is 1. The number of thiocarbonyl (C=S) groups is 1. The number of rotatable bonds is 2. The summed E-state index contributed by atoms with van der Waals surface area (Å²) >= 11 is 5.38. The molecule has 0 amide bonds. The van der Waals surface area contributed by atoms with Gasteiger partial charge in [-0.05, 0) is 30.6 Å². The van der Waals surface area contributed by atoms with Gasteiger partial charge >= 0.3 is 0 Å². The molecule has 1 saturated heterocycles. The van der Waals surface area contributed by atoms with Gasteiger partial charge in [-0.15, -0.1) is 0 Å². The highest BCUT2D eigenvalue weighted by molar-refractivity contribution is 7.80. The van der Waals surface area contributed by atoms with Crippen molar-refractivity contribution >= 4 is 17.3 Å². The van der Waals surface area contributed by atoms with Crippen molar-refractivity contribution in [2.24, 2.45) is 5.92 Å². The van der Waals surface area contributed by atoms with Crippen LogP contribution in [0.1, 0.15) is 18.0 Å². The Labute approximate surface area is 123 Å². The van der Waals surface area contributed by atoms with Gasteiger partial charge in [0.05, 0.1) is 6.61 Å². The molecular formula is C14H19N3O2S. The lowest BCUT2D eigenvalue weighted by Crippen LogP contribution is -2.52. The van der Waals surface area contributed by atoms with Crippen LogP contribution >= 0.6 is 12.2 Å². The smallest absolute Gasteiger partial charge is 0.250 e. The van der Waals surface area contributed by atoms with Crippen LogP contribution in [0.25, 0.3) is 0 Å². The van der Waals surface area contributed by atoms with Crippen LogP contribution in [0.5, 0.6) is 0 Å². The second kappa shape index (κ2) is 5.54. The highest BCUT2D eigenvalue weighted by Gasteiger charge is 2.35. The Kier molecular flexibility index (Phi) is 3.76. The second-order valence-electron chi connectivity index (χ2n) is 5.56. The van der Waals surface area contributed by atoms with Crippen LogP contribution in [-0.2, 0) is 6.54 Å². The van der Waals surface area contributed by atoms with Crippen molar-refractivity contribution in [1.82, 2.24) is 14.8 Å². The molecule has 20 heavy (non-hydrogen) atoms. The first-order valence-electron chi connectivity index (χ1n) is 7.02. The largest absolute Gasteiger partial charge is 0.395 e. The van der Waals surface area contributed by atoms with Gasteiger partial charge in [0.15, 0.2) is 5.11 Å². The topological polar surface area (TPSA) is 57.5 Å². The Hall–Kier alpha value is -1.40. The summed E-state index contributed by atoms with van der Waals surface area (Å²) in [6, 6.07) is 5.53. The molecule has 1 aromatic rings. The van der Waals surface area contributed by atoms with Crippen LogP contribution < -0.4 is 10.9 Å². The van der Waals surface area contributed by atoms with E-state index in [-0.39, 0.29) is 12.2 Å². The van der Waals surface area contributed by atoms with Gasteiger partial charge in [0.2, 0.25) is 0 Å². The first-order valence-corrected chi connectivity index (χ1v) is 7.43. The van der Waals surface area contributed by atoms with E-state index in [2.05, 4.69) is 16.3 Å². The second-order valence-corrected chi connectivity index (χ2v) is 5.95. The van der Waals surface area contributed by atoms with Crippen molar-refractivity contribution in [2.75, 3.05) is 26.2 Å². The summed E-state index contributed by atoms with van der Waals surface area (Å²) in [6.07, 6.45) is 1.13. The van der Waals surface area contributed by atoms with E-state index in [4.69, 9.17) is 17.3 Å². The number of fused-ring (bicyclic) bond motifs is 4. The fraction of sp³-hybridized carbons (Fsp3) is 0.571. The van der Waals surface area contributed by atoms with Crippen LogP contribution in [0.15, 0.2) is 23.0 Å². The maximum absolute atomic E-state index is 11.9. The molecule has 2 N–H and O–H groups in total. The monoisotopic (exact) mass is 293 g/mol. The van der Waals surface area contributed by atoms with E-state index in [9.17, 15) is 4.79 Å². The van der Waals surface area contributed by atoms with Crippen molar-refractivity contribution < 1.29 is 5.11 Å². The standard InChI is InChI=1S/C14H19N3O2S/c18-5-4-15-14(20)16-7-10-6-11(9-16)12-2-1-3-13(19)17(12)8-10/h1-3,10-11,18H,4-9H2,(H,15,20). The number of nitrogens with zero attached hydrogens (tertiary/aromatic N) is 2. The highest BCUT2D eigenvalue weighted by Crippen LogP contribution is 2.34. The van der Waals surface area contributed by atoms with Crippen molar-refractivity contribution in [1.29, 1.82) is 0 Å². The number of aromatic nitrogens is 1. The van der Waals surface area contributed by atoms with Crippen molar-refractivity contribution in [2.45, 2.75) is 18.9 Å². The lowest BCUT2D eigenvalue weighted by molar-refractivity contribution is 0.176. The predicted octanol–water partition coefficient (Wildman–Crippen LogP) is 0.134. The summed E-state index contributed by atoms with van der Waals surface area (Å²) < 4.78 is 1.92. The summed E-state index contributed by atoms with van der Waals surface area (Å²) in [5, 5.41) is 12.6. The Morgan fingerprint density at radius 2 is 2.25 bits per heavy atom. The molecule has 2 aliphatic heterocycles. The molecule has 0 saturated carbocycles. The normalized spacial score (nSPS) is 24.1. The lowest BCUT2D eigenvalue weighted by atomic mass is 9.83. The molecule has 2 atom stereocenters. The zero-order valence-corrected chi connectivity index (χ0v) is 12.1. The molecule has 0 spiro atoms. The van der Waals surface area contributed by atoms with Crippen LogP contribution in [-0.4, -0.2) is 45.9 Å². The molecule has 3 heterocycles. The van der Waals surface area contributed by atoms with E-state index in [0.717, 1.165) is 31.7 Å². The van der Waals surface area contributed by atoms with E-state index in [1.807, 2.05) is 10.6 Å². The predicted molar refractivity (Wildman–Crippen MR) is 80.8 cm³/mol. The highest BCUT2D eigenvalue weighted by atomic mass is 32.1. The fourth-order valence-corrected chi connectivity index (χ4v) is 3.59. The van der Waals surface area contributed by atoms with Gasteiger partial charge in [-0.25, -0.2) is 0 Å². The van der Waals surface area contributed by atoms with E-state index in [0.29, 0.717) is 23.5 Å². The van der Waals surface area contributed by atoms with E-state index >= 15 is 0 Å². The summed E-state index contributed by atoms with van der Waals surface area (Å²) in [7, 11) is 0. The minimum atomic E-state index is 0.0824. The third-order valence-corrected chi connectivity index (χ3v) is 4.56. The van der Waals surface area contributed by atoms with Crippen molar-refractivity contribution in [3.63, 3.8) is 0 Å². The summed E-state index contributed by atoms with van der Waals surface area (Å²) in [4.78, 5) is 14.1. The van der Waals surface area contributed by atoms with Crippen molar-refractivity contribution in [3.8, 4) is 0 Å². The zero-order chi connectivity index (χ0) is 14.1. The molecule has 0 aliphatic carbocycles. The van der Waals surface area contributed by atoms with Gasteiger partial charge < -0.3 is 19.9 Å². The minimum absolute atomic E-state index is 0.0824. The average Bonchev–Trinajstić information content (AvgIpc) is 2.46. The first-order chi connectivity index (χ1) is 9.69. The molecule has 2 bridgehead atoms. The third-order valence-electron chi connectivity index (χ3n) is 4.15. The van der Waals surface area contributed by atoms with Gasteiger partial charge in [0.25, 0.3) is 5.56 Å². The molecule has 2 aliphatic rings. The number of hydrogen-bond donors (Lipinski definition) is 2. The minimum Gasteiger partial charge on any atom is -0.395 e. The Morgan fingerprint density at radius 3 is 3.05 bits per heavy atom. The number of aliphatic hydroxyl groups excluding tert-OH is 1. The van der Waals surface area contributed by atoms with Gasteiger partial charge in [-0.2, -0.15) is 0 Å². The Balaban J connectivity index is 1.80. The van der Waals surface area contributed by atoms with Gasteiger partial charge in [0, 0.05) is 43.9 Å². The van der Waals surface area contributed by atoms with Crippen LogP contribution in [0.3, 0.4) is 0 Å². The van der Waals surface area contributed by atoms with E-state index in [1.165, 1.54) is 0 Å². The number of piperidine rings is 1. The van der Waals surface area contributed by atoms with Crippen LogP contribution in [0.4, 0.5) is 0 Å². The Bertz CT molecular complexity index is 572. The zero-order valence-electron chi connectivity index (χ0n) is 11.3. The van der Waals surface area contributed by atoms with E-state index < -0.39 is 0 Å². The molecule has 6 heteroatoms. The number of nitrogens with one attached hydrogen (secondary N) is 1. The summed E-state index contributed by atoms with van der Waals surface area (Å²) in [5.41, 5.74) is 1.23. The summed E-state index contributed by atoms with van der Waals surface area (Å²) in [6.45, 7) is 3.08. The van der Waals surface area contributed by atoms with Crippen molar-refractivity contribution in [3.05, 3.63) is 34.2 Å². The molecule has 1 aromatic heterocycles. The molecule has 108 valence electrons. The number of pyridine rings is 1.